The number of nitrogens with zero attached hydrogens (tertiary/aromatic N) is 5. The van der Waals surface area contributed by atoms with Crippen LogP contribution in [0.2, 0.25) is 0 Å². The first-order valence-corrected chi connectivity index (χ1v) is 6.41. The Hall–Kier alpha value is -1.98. The van der Waals surface area contributed by atoms with Crippen LogP contribution in [0.5, 0.6) is 0 Å². The molecule has 0 amide bonds. The molecule has 1 N–H and O–H groups in total. The molecular formula is C13H20N6. The molecule has 19 heavy (non-hydrogen) atoms. The van der Waals surface area contributed by atoms with Crippen LogP contribution in [0.3, 0.4) is 0 Å². The van der Waals surface area contributed by atoms with Crippen LogP contribution < -0.4 is 5.32 Å². The van der Waals surface area contributed by atoms with Gasteiger partial charge in [0.1, 0.15) is 24.3 Å². The van der Waals surface area contributed by atoms with Gasteiger partial charge < -0.3 is 5.32 Å². The van der Waals surface area contributed by atoms with Crippen molar-refractivity contribution in [2.75, 3.05) is 11.9 Å². The molecule has 0 aliphatic carbocycles. The molecule has 0 aromatic carbocycles. The van der Waals surface area contributed by atoms with Crippen LogP contribution in [0.15, 0.2) is 12.7 Å². The summed E-state index contributed by atoms with van der Waals surface area (Å²) in [6.45, 7) is 11.1. The lowest BCUT2D eigenvalue weighted by molar-refractivity contribution is 0.542. The average Bonchev–Trinajstić information content (AvgIpc) is 2.84. The minimum atomic E-state index is -0.118. The van der Waals surface area contributed by atoms with E-state index in [9.17, 15) is 0 Å². The molecule has 102 valence electrons. The van der Waals surface area contributed by atoms with Gasteiger partial charge in [0, 0.05) is 17.5 Å². The highest BCUT2D eigenvalue weighted by atomic mass is 15.3. The first kappa shape index (κ1) is 13.5. The normalized spacial score (nSPS) is 11.6. The summed E-state index contributed by atoms with van der Waals surface area (Å²) < 4.78 is 1.67. The van der Waals surface area contributed by atoms with Gasteiger partial charge in [0.05, 0.1) is 0 Å². The van der Waals surface area contributed by atoms with E-state index in [-0.39, 0.29) is 5.41 Å². The SMILES string of the molecule is CCNc1nc(C(C)(C)C)nc(-n2cncn2)c1C. The second kappa shape index (κ2) is 4.95. The zero-order chi connectivity index (χ0) is 14.0. The zero-order valence-corrected chi connectivity index (χ0v) is 12.1. The van der Waals surface area contributed by atoms with E-state index in [0.717, 1.165) is 29.6 Å². The van der Waals surface area contributed by atoms with E-state index in [1.807, 2.05) is 13.8 Å². The third kappa shape index (κ3) is 2.72. The van der Waals surface area contributed by atoms with Crippen LogP contribution >= 0.6 is 0 Å². The predicted molar refractivity (Wildman–Crippen MR) is 74.5 cm³/mol. The summed E-state index contributed by atoms with van der Waals surface area (Å²) in [7, 11) is 0. The molecule has 2 aromatic rings. The van der Waals surface area contributed by atoms with Gasteiger partial charge in [0.2, 0.25) is 0 Å². The second-order valence-corrected chi connectivity index (χ2v) is 5.46. The monoisotopic (exact) mass is 260 g/mol. The number of aromatic nitrogens is 5. The van der Waals surface area contributed by atoms with Gasteiger partial charge >= 0.3 is 0 Å². The Kier molecular flexibility index (Phi) is 3.50. The van der Waals surface area contributed by atoms with Crippen molar-refractivity contribution in [3.8, 4) is 5.82 Å². The molecule has 0 atom stereocenters. The molecule has 2 heterocycles. The first-order chi connectivity index (χ1) is 8.93. The molecule has 6 heteroatoms. The highest BCUT2D eigenvalue weighted by molar-refractivity contribution is 5.51. The standard InChI is InChI=1S/C13H20N6/c1-6-15-10-9(2)11(19-8-14-7-16-19)18-12(17-10)13(3,4)5/h7-8H,6H2,1-5H3,(H,15,17,18). The van der Waals surface area contributed by atoms with E-state index in [4.69, 9.17) is 0 Å². The Bertz CT molecular complexity index is 553. The largest absolute Gasteiger partial charge is 0.370 e. The van der Waals surface area contributed by atoms with Crippen molar-refractivity contribution in [1.82, 2.24) is 24.7 Å². The molecule has 0 radical (unpaired) electrons. The maximum atomic E-state index is 4.64. The van der Waals surface area contributed by atoms with Gasteiger partial charge in [0.15, 0.2) is 5.82 Å². The van der Waals surface area contributed by atoms with Crippen molar-refractivity contribution in [2.24, 2.45) is 0 Å². The first-order valence-electron chi connectivity index (χ1n) is 6.41. The maximum Gasteiger partial charge on any atom is 0.163 e. The van der Waals surface area contributed by atoms with Crippen molar-refractivity contribution in [3.63, 3.8) is 0 Å². The molecule has 2 aromatic heterocycles. The van der Waals surface area contributed by atoms with E-state index < -0.39 is 0 Å². The van der Waals surface area contributed by atoms with E-state index >= 15 is 0 Å². The van der Waals surface area contributed by atoms with Gasteiger partial charge in [-0.25, -0.2) is 19.6 Å². The van der Waals surface area contributed by atoms with Gasteiger partial charge in [-0.05, 0) is 13.8 Å². The minimum Gasteiger partial charge on any atom is -0.370 e. The molecule has 0 aliphatic rings. The van der Waals surface area contributed by atoms with Crippen molar-refractivity contribution >= 4 is 5.82 Å². The van der Waals surface area contributed by atoms with Crippen LogP contribution in [-0.4, -0.2) is 31.3 Å². The highest BCUT2D eigenvalue weighted by Crippen LogP contribution is 2.25. The maximum absolute atomic E-state index is 4.64. The van der Waals surface area contributed by atoms with Crippen LogP contribution in [-0.2, 0) is 5.41 Å². The van der Waals surface area contributed by atoms with Crippen LogP contribution in [0.1, 0.15) is 39.1 Å². The molecule has 0 unspecified atom stereocenters. The molecule has 0 spiro atoms. The Morgan fingerprint density at radius 1 is 1.26 bits per heavy atom. The van der Waals surface area contributed by atoms with E-state index in [0.29, 0.717) is 0 Å². The molecular weight excluding hydrogens is 240 g/mol. The Morgan fingerprint density at radius 2 is 2.00 bits per heavy atom. The lowest BCUT2D eigenvalue weighted by Crippen LogP contribution is -2.20. The molecule has 0 fully saturated rings. The molecule has 0 bridgehead atoms. The fraction of sp³-hybridized carbons (Fsp3) is 0.538. The topological polar surface area (TPSA) is 68.5 Å². The highest BCUT2D eigenvalue weighted by Gasteiger charge is 2.21. The average molecular weight is 260 g/mol. The summed E-state index contributed by atoms with van der Waals surface area (Å²) in [5, 5.41) is 7.44. The third-order valence-corrected chi connectivity index (χ3v) is 2.77. The number of hydrogen-bond donors (Lipinski definition) is 1. The molecule has 0 saturated heterocycles. The summed E-state index contributed by atoms with van der Waals surface area (Å²) in [4.78, 5) is 13.2. The third-order valence-electron chi connectivity index (χ3n) is 2.77. The van der Waals surface area contributed by atoms with Gasteiger partial charge in [-0.15, -0.1) is 0 Å². The van der Waals surface area contributed by atoms with Crippen molar-refractivity contribution < 1.29 is 0 Å². The molecule has 0 saturated carbocycles. The Balaban J connectivity index is 2.62. The van der Waals surface area contributed by atoms with Gasteiger partial charge in [-0.3, -0.25) is 0 Å². The van der Waals surface area contributed by atoms with Gasteiger partial charge in [-0.2, -0.15) is 5.10 Å². The summed E-state index contributed by atoms with van der Waals surface area (Å²) in [6, 6.07) is 0. The van der Waals surface area contributed by atoms with Gasteiger partial charge in [-0.1, -0.05) is 20.8 Å². The summed E-state index contributed by atoms with van der Waals surface area (Å²) in [5.41, 5.74) is 0.855. The van der Waals surface area contributed by atoms with Crippen molar-refractivity contribution in [1.29, 1.82) is 0 Å². The lowest BCUT2D eigenvalue weighted by atomic mass is 9.95. The van der Waals surface area contributed by atoms with Crippen LogP contribution in [0, 0.1) is 6.92 Å². The number of hydrogen-bond acceptors (Lipinski definition) is 5. The smallest absolute Gasteiger partial charge is 0.163 e. The van der Waals surface area contributed by atoms with Crippen molar-refractivity contribution in [2.45, 2.75) is 40.0 Å². The van der Waals surface area contributed by atoms with E-state index in [2.05, 4.69) is 46.1 Å². The Morgan fingerprint density at radius 3 is 2.53 bits per heavy atom. The quantitative estimate of drug-likeness (QED) is 0.915. The number of anilines is 1. The second-order valence-electron chi connectivity index (χ2n) is 5.46. The summed E-state index contributed by atoms with van der Waals surface area (Å²) >= 11 is 0. The summed E-state index contributed by atoms with van der Waals surface area (Å²) in [6.07, 6.45) is 3.16. The molecule has 0 aliphatic heterocycles. The number of nitrogens with one attached hydrogen (secondary N) is 1. The van der Waals surface area contributed by atoms with Gasteiger partial charge in [0.25, 0.3) is 0 Å². The van der Waals surface area contributed by atoms with Crippen LogP contribution in [0.4, 0.5) is 5.82 Å². The molecule has 2 rings (SSSR count). The fourth-order valence-electron chi connectivity index (χ4n) is 1.72. The van der Waals surface area contributed by atoms with Crippen molar-refractivity contribution in [3.05, 3.63) is 24.0 Å². The molecule has 6 nitrogen and oxygen atoms in total. The van der Waals surface area contributed by atoms with E-state index in [1.165, 1.54) is 6.33 Å². The minimum absolute atomic E-state index is 0.118. The summed E-state index contributed by atoms with van der Waals surface area (Å²) in [5.74, 6) is 2.42. The lowest BCUT2D eigenvalue weighted by Gasteiger charge is -2.20. The Labute approximate surface area is 113 Å². The number of rotatable bonds is 3. The fourth-order valence-corrected chi connectivity index (χ4v) is 1.72. The van der Waals surface area contributed by atoms with Crippen LogP contribution in [0.25, 0.3) is 5.82 Å². The zero-order valence-electron chi connectivity index (χ0n) is 12.1. The predicted octanol–water partition coefficient (Wildman–Crippen LogP) is 2.10. The van der Waals surface area contributed by atoms with E-state index in [1.54, 1.807) is 11.0 Å².